The van der Waals surface area contributed by atoms with E-state index in [1.54, 1.807) is 0 Å². The van der Waals surface area contributed by atoms with Crippen molar-refractivity contribution in [1.29, 1.82) is 0 Å². The number of nitrogens with one attached hydrogen (secondary N) is 1. The van der Waals surface area contributed by atoms with Gasteiger partial charge in [0.1, 0.15) is 0 Å². The molecule has 1 aromatic carbocycles. The number of carbonyl (C=O) groups excluding carboxylic acids is 1. The molecule has 19 heavy (non-hydrogen) atoms. The highest BCUT2D eigenvalue weighted by molar-refractivity contribution is 5.94. The first-order valence-electron chi connectivity index (χ1n) is 6.75. The summed E-state index contributed by atoms with van der Waals surface area (Å²) in [5.41, 5.74) is 4.09. The number of nitrogens with zero attached hydrogens (tertiary/aromatic N) is 2. The van der Waals surface area contributed by atoms with Crippen molar-refractivity contribution in [2.75, 3.05) is 31.6 Å². The summed E-state index contributed by atoms with van der Waals surface area (Å²) in [6.45, 7) is 7.92. The molecule has 1 saturated heterocycles. The average Bonchev–Trinajstić information content (AvgIpc) is 2.46. The molecule has 5 nitrogen and oxygen atoms in total. The number of benzene rings is 1. The van der Waals surface area contributed by atoms with Gasteiger partial charge in [-0.2, -0.15) is 0 Å². The van der Waals surface area contributed by atoms with E-state index >= 15 is 0 Å². The Morgan fingerprint density at radius 2 is 2.05 bits per heavy atom. The van der Waals surface area contributed by atoms with Crippen molar-refractivity contribution in [3.05, 3.63) is 29.8 Å². The lowest BCUT2D eigenvalue weighted by atomic mass is 10.1. The summed E-state index contributed by atoms with van der Waals surface area (Å²) in [5.74, 6) is 5.42. The predicted molar refractivity (Wildman–Crippen MR) is 76.9 cm³/mol. The van der Waals surface area contributed by atoms with E-state index in [0.29, 0.717) is 6.04 Å². The number of hydrogen-bond acceptors (Lipinski definition) is 4. The number of nitrogen functional groups attached to an aromatic ring is 1. The Hall–Kier alpha value is -1.59. The van der Waals surface area contributed by atoms with Crippen molar-refractivity contribution < 1.29 is 4.79 Å². The van der Waals surface area contributed by atoms with Crippen molar-refractivity contribution >= 4 is 11.6 Å². The zero-order valence-corrected chi connectivity index (χ0v) is 11.6. The molecule has 0 saturated carbocycles. The molecular formula is C14H22N4O. The summed E-state index contributed by atoms with van der Waals surface area (Å²) in [7, 11) is 0. The Bertz CT molecular complexity index is 432. The van der Waals surface area contributed by atoms with E-state index in [1.165, 1.54) is 0 Å². The monoisotopic (exact) mass is 262 g/mol. The highest BCUT2D eigenvalue weighted by Crippen LogP contribution is 2.14. The molecular weight excluding hydrogens is 240 g/mol. The van der Waals surface area contributed by atoms with Gasteiger partial charge in [0.25, 0.3) is 5.91 Å². The molecule has 0 bridgehead atoms. The number of nitrogens with two attached hydrogens (primary N) is 1. The van der Waals surface area contributed by atoms with Crippen LogP contribution in [-0.2, 0) is 0 Å². The van der Waals surface area contributed by atoms with Gasteiger partial charge in [-0.1, -0.05) is 6.92 Å². The van der Waals surface area contributed by atoms with E-state index in [1.807, 2.05) is 29.2 Å². The van der Waals surface area contributed by atoms with E-state index in [9.17, 15) is 4.79 Å². The second-order valence-corrected chi connectivity index (χ2v) is 4.95. The van der Waals surface area contributed by atoms with Crippen LogP contribution in [-0.4, -0.2) is 47.9 Å². The molecule has 3 N–H and O–H groups in total. The first kappa shape index (κ1) is 13.8. The molecule has 1 aliphatic heterocycles. The standard InChI is InChI=1S/C14H22N4O/c1-3-17-8-9-18(10-11(17)2)14(19)12-4-6-13(16-15)7-5-12/h4-7,11,16H,3,8-10,15H2,1-2H3. The zero-order valence-electron chi connectivity index (χ0n) is 11.6. The van der Waals surface area contributed by atoms with E-state index in [2.05, 4.69) is 24.2 Å². The number of amides is 1. The summed E-state index contributed by atoms with van der Waals surface area (Å²) in [6.07, 6.45) is 0. The average molecular weight is 262 g/mol. The van der Waals surface area contributed by atoms with Crippen LogP contribution in [0.3, 0.4) is 0 Å². The molecule has 0 aromatic heterocycles. The van der Waals surface area contributed by atoms with Crippen LogP contribution in [0.25, 0.3) is 0 Å². The van der Waals surface area contributed by atoms with Crippen molar-refractivity contribution in [3.63, 3.8) is 0 Å². The van der Waals surface area contributed by atoms with Crippen LogP contribution in [0.15, 0.2) is 24.3 Å². The number of anilines is 1. The van der Waals surface area contributed by atoms with E-state index < -0.39 is 0 Å². The molecule has 1 amide bonds. The molecule has 104 valence electrons. The molecule has 1 atom stereocenters. The second-order valence-electron chi connectivity index (χ2n) is 4.95. The third-order valence-corrected chi connectivity index (χ3v) is 3.76. The van der Waals surface area contributed by atoms with Crippen molar-refractivity contribution in [2.45, 2.75) is 19.9 Å². The van der Waals surface area contributed by atoms with Gasteiger partial charge >= 0.3 is 0 Å². The number of carbonyl (C=O) groups is 1. The highest BCUT2D eigenvalue weighted by atomic mass is 16.2. The predicted octanol–water partition coefficient (Wildman–Crippen LogP) is 1.14. The van der Waals surface area contributed by atoms with Crippen molar-refractivity contribution in [3.8, 4) is 0 Å². The van der Waals surface area contributed by atoms with E-state index in [0.717, 1.165) is 37.4 Å². The largest absolute Gasteiger partial charge is 0.336 e. The van der Waals surface area contributed by atoms with Gasteiger partial charge in [0.05, 0.1) is 0 Å². The van der Waals surface area contributed by atoms with Gasteiger partial charge < -0.3 is 10.3 Å². The SMILES string of the molecule is CCN1CCN(C(=O)c2ccc(NN)cc2)CC1C. The van der Waals surface area contributed by atoms with E-state index in [4.69, 9.17) is 5.84 Å². The summed E-state index contributed by atoms with van der Waals surface area (Å²) in [5, 5.41) is 0. The van der Waals surface area contributed by atoms with Crippen LogP contribution < -0.4 is 11.3 Å². The lowest BCUT2D eigenvalue weighted by Crippen LogP contribution is -2.53. The molecule has 2 rings (SSSR count). The van der Waals surface area contributed by atoms with Gasteiger partial charge in [-0.3, -0.25) is 15.5 Å². The molecule has 0 aliphatic carbocycles. The summed E-state index contributed by atoms with van der Waals surface area (Å²) < 4.78 is 0. The minimum absolute atomic E-state index is 0.103. The number of rotatable bonds is 3. The number of piperazine rings is 1. The van der Waals surface area contributed by atoms with E-state index in [-0.39, 0.29) is 5.91 Å². The van der Waals surface area contributed by atoms with Crippen LogP contribution >= 0.6 is 0 Å². The van der Waals surface area contributed by atoms with Crippen LogP contribution in [0, 0.1) is 0 Å². The normalized spacial score (nSPS) is 20.4. The first-order chi connectivity index (χ1) is 9.15. The maximum absolute atomic E-state index is 12.4. The smallest absolute Gasteiger partial charge is 0.253 e. The molecule has 0 radical (unpaired) electrons. The van der Waals surface area contributed by atoms with Gasteiger partial charge in [-0.15, -0.1) is 0 Å². The second kappa shape index (κ2) is 6.04. The highest BCUT2D eigenvalue weighted by Gasteiger charge is 2.26. The third-order valence-electron chi connectivity index (χ3n) is 3.76. The zero-order chi connectivity index (χ0) is 13.8. The quantitative estimate of drug-likeness (QED) is 0.633. The van der Waals surface area contributed by atoms with Crippen LogP contribution in [0.1, 0.15) is 24.2 Å². The number of likely N-dealkylation sites (N-methyl/N-ethyl adjacent to an activating group) is 1. The summed E-state index contributed by atoms with van der Waals surface area (Å²) >= 11 is 0. The lowest BCUT2D eigenvalue weighted by Gasteiger charge is -2.39. The maximum Gasteiger partial charge on any atom is 0.253 e. The summed E-state index contributed by atoms with van der Waals surface area (Å²) in [4.78, 5) is 16.7. The molecule has 0 spiro atoms. The molecule has 1 aromatic rings. The Labute approximate surface area is 114 Å². The Morgan fingerprint density at radius 3 is 2.58 bits per heavy atom. The van der Waals surface area contributed by atoms with Gasteiger partial charge in [0.2, 0.25) is 0 Å². The van der Waals surface area contributed by atoms with Crippen LogP contribution in [0.2, 0.25) is 0 Å². The molecule has 1 aliphatic rings. The number of hydrogen-bond donors (Lipinski definition) is 2. The fourth-order valence-corrected chi connectivity index (χ4v) is 2.54. The molecule has 5 heteroatoms. The van der Waals surface area contributed by atoms with Gasteiger partial charge in [0.15, 0.2) is 0 Å². The van der Waals surface area contributed by atoms with Gasteiger partial charge in [-0.05, 0) is 37.7 Å². The minimum atomic E-state index is 0.103. The van der Waals surface area contributed by atoms with Gasteiger partial charge in [-0.25, -0.2) is 0 Å². The Kier molecular flexibility index (Phi) is 4.39. The third kappa shape index (κ3) is 3.05. The first-order valence-corrected chi connectivity index (χ1v) is 6.75. The molecule has 1 heterocycles. The lowest BCUT2D eigenvalue weighted by molar-refractivity contribution is 0.0528. The van der Waals surface area contributed by atoms with Crippen LogP contribution in [0.5, 0.6) is 0 Å². The Balaban J connectivity index is 2.03. The van der Waals surface area contributed by atoms with Gasteiger partial charge in [0, 0.05) is 36.9 Å². The van der Waals surface area contributed by atoms with Crippen LogP contribution in [0.4, 0.5) is 5.69 Å². The fourth-order valence-electron chi connectivity index (χ4n) is 2.54. The maximum atomic E-state index is 12.4. The van der Waals surface area contributed by atoms with Crippen molar-refractivity contribution in [1.82, 2.24) is 9.80 Å². The molecule has 1 unspecified atom stereocenters. The Morgan fingerprint density at radius 1 is 1.37 bits per heavy atom. The number of hydrazine groups is 1. The topological polar surface area (TPSA) is 61.6 Å². The molecule has 1 fully saturated rings. The van der Waals surface area contributed by atoms with Crippen molar-refractivity contribution in [2.24, 2.45) is 5.84 Å². The minimum Gasteiger partial charge on any atom is -0.336 e. The summed E-state index contributed by atoms with van der Waals surface area (Å²) in [6, 6.07) is 7.69. The fraction of sp³-hybridized carbons (Fsp3) is 0.500.